The van der Waals surface area contributed by atoms with Gasteiger partial charge in [0, 0.05) is 36.0 Å². The SMILES string of the molecule is O=C(Nc1ccc(C2CCC(F)(F)CC2)nc1)Nc1c[nH]c2nc(Br)c(F)cc12. The highest BCUT2D eigenvalue weighted by molar-refractivity contribution is 9.10. The zero-order valence-corrected chi connectivity index (χ0v) is 16.7. The summed E-state index contributed by atoms with van der Waals surface area (Å²) in [6, 6.07) is 4.16. The molecule has 0 aliphatic heterocycles. The lowest BCUT2D eigenvalue weighted by Gasteiger charge is -2.27. The summed E-state index contributed by atoms with van der Waals surface area (Å²) in [5, 5.41) is 5.71. The largest absolute Gasteiger partial charge is 0.344 e. The maximum absolute atomic E-state index is 13.7. The number of nitrogens with zero attached hydrogens (tertiary/aromatic N) is 2. The Morgan fingerprint density at radius 2 is 2.00 bits per heavy atom. The number of amides is 2. The van der Waals surface area contributed by atoms with E-state index in [9.17, 15) is 18.0 Å². The molecule has 1 fully saturated rings. The van der Waals surface area contributed by atoms with Crippen LogP contribution in [0.3, 0.4) is 0 Å². The minimum absolute atomic E-state index is 0.00504. The number of anilines is 2. The molecule has 10 heteroatoms. The number of urea groups is 1. The fourth-order valence-electron chi connectivity index (χ4n) is 3.44. The Bertz CT molecular complexity index is 1040. The summed E-state index contributed by atoms with van der Waals surface area (Å²) >= 11 is 3.01. The molecule has 1 aliphatic carbocycles. The number of hydrogen-bond acceptors (Lipinski definition) is 3. The van der Waals surface area contributed by atoms with E-state index in [-0.39, 0.29) is 23.4 Å². The molecule has 3 N–H and O–H groups in total. The van der Waals surface area contributed by atoms with Crippen LogP contribution in [0.2, 0.25) is 0 Å². The van der Waals surface area contributed by atoms with Gasteiger partial charge >= 0.3 is 6.03 Å². The zero-order valence-electron chi connectivity index (χ0n) is 15.1. The van der Waals surface area contributed by atoms with Crippen molar-refractivity contribution in [3.63, 3.8) is 0 Å². The van der Waals surface area contributed by atoms with Gasteiger partial charge in [0.25, 0.3) is 0 Å². The lowest BCUT2D eigenvalue weighted by molar-refractivity contribution is -0.0384. The first kappa shape index (κ1) is 19.7. The first-order valence-electron chi connectivity index (χ1n) is 9.06. The Morgan fingerprint density at radius 3 is 2.69 bits per heavy atom. The highest BCUT2D eigenvalue weighted by atomic mass is 79.9. The molecule has 0 saturated heterocycles. The number of fused-ring (bicyclic) bond motifs is 1. The molecule has 2 amide bonds. The molecule has 3 aromatic heterocycles. The van der Waals surface area contributed by atoms with Crippen molar-refractivity contribution >= 4 is 44.4 Å². The van der Waals surface area contributed by atoms with Crippen molar-refractivity contribution in [2.75, 3.05) is 10.6 Å². The van der Waals surface area contributed by atoms with Crippen LogP contribution in [-0.2, 0) is 0 Å². The third kappa shape index (κ3) is 4.36. The van der Waals surface area contributed by atoms with Crippen LogP contribution in [0.5, 0.6) is 0 Å². The van der Waals surface area contributed by atoms with Gasteiger partial charge in [0.15, 0.2) is 5.82 Å². The van der Waals surface area contributed by atoms with Crippen LogP contribution in [0.25, 0.3) is 11.0 Å². The number of carbonyl (C=O) groups excluding carboxylic acids is 1. The van der Waals surface area contributed by atoms with Crippen molar-refractivity contribution < 1.29 is 18.0 Å². The molecule has 0 unspecified atom stereocenters. The van der Waals surface area contributed by atoms with Crippen LogP contribution >= 0.6 is 15.9 Å². The van der Waals surface area contributed by atoms with Crippen molar-refractivity contribution in [3.05, 3.63) is 46.7 Å². The van der Waals surface area contributed by atoms with Gasteiger partial charge in [-0.25, -0.2) is 22.9 Å². The third-order valence-corrected chi connectivity index (χ3v) is 5.56. The van der Waals surface area contributed by atoms with Crippen molar-refractivity contribution in [3.8, 4) is 0 Å². The van der Waals surface area contributed by atoms with Gasteiger partial charge in [-0.15, -0.1) is 0 Å². The average molecular weight is 468 g/mol. The van der Waals surface area contributed by atoms with Gasteiger partial charge in [-0.3, -0.25) is 4.98 Å². The molecule has 1 saturated carbocycles. The number of halogens is 4. The van der Waals surface area contributed by atoms with Gasteiger partial charge in [-0.05, 0) is 47.0 Å². The van der Waals surface area contributed by atoms with E-state index in [1.54, 1.807) is 12.1 Å². The first-order valence-corrected chi connectivity index (χ1v) is 9.85. The smallest absolute Gasteiger partial charge is 0.323 e. The predicted molar refractivity (Wildman–Crippen MR) is 107 cm³/mol. The molecule has 0 spiro atoms. The number of hydrogen-bond donors (Lipinski definition) is 3. The van der Waals surface area contributed by atoms with Gasteiger partial charge < -0.3 is 15.6 Å². The lowest BCUT2D eigenvalue weighted by Crippen LogP contribution is -2.24. The van der Waals surface area contributed by atoms with Crippen molar-refractivity contribution in [2.45, 2.75) is 37.5 Å². The molecule has 6 nitrogen and oxygen atoms in total. The molecule has 3 aromatic rings. The summed E-state index contributed by atoms with van der Waals surface area (Å²) in [6.07, 6.45) is 3.55. The second-order valence-corrected chi connectivity index (χ2v) is 7.79. The second-order valence-electron chi connectivity index (χ2n) is 7.04. The monoisotopic (exact) mass is 467 g/mol. The fourth-order valence-corrected chi connectivity index (χ4v) is 3.74. The summed E-state index contributed by atoms with van der Waals surface area (Å²) in [7, 11) is 0. The van der Waals surface area contributed by atoms with Gasteiger partial charge in [0.05, 0.1) is 17.6 Å². The molecule has 0 radical (unpaired) electrons. The van der Waals surface area contributed by atoms with Crippen LogP contribution in [0.15, 0.2) is 35.2 Å². The van der Waals surface area contributed by atoms with Crippen molar-refractivity contribution in [1.82, 2.24) is 15.0 Å². The third-order valence-electron chi connectivity index (χ3n) is 5.00. The highest BCUT2D eigenvalue weighted by Crippen LogP contribution is 2.40. The summed E-state index contributed by atoms with van der Waals surface area (Å²) in [4.78, 5) is 23.4. The Balaban J connectivity index is 1.40. The van der Waals surface area contributed by atoms with E-state index in [0.717, 1.165) is 5.69 Å². The normalized spacial score (nSPS) is 16.7. The molecule has 4 rings (SSSR count). The van der Waals surface area contributed by atoms with E-state index in [2.05, 4.69) is 41.5 Å². The predicted octanol–water partition coefficient (Wildman–Crippen LogP) is 5.80. The lowest BCUT2D eigenvalue weighted by atomic mass is 9.84. The van der Waals surface area contributed by atoms with E-state index in [4.69, 9.17) is 0 Å². The number of rotatable bonds is 3. The van der Waals surface area contributed by atoms with Crippen LogP contribution in [0.1, 0.15) is 37.3 Å². The Morgan fingerprint density at radius 1 is 1.24 bits per heavy atom. The van der Waals surface area contributed by atoms with E-state index >= 15 is 0 Å². The van der Waals surface area contributed by atoms with Gasteiger partial charge in [0.2, 0.25) is 5.92 Å². The number of aromatic nitrogens is 3. The number of carbonyl (C=O) groups is 1. The molecule has 0 atom stereocenters. The van der Waals surface area contributed by atoms with E-state index in [0.29, 0.717) is 35.2 Å². The van der Waals surface area contributed by atoms with Crippen LogP contribution in [0.4, 0.5) is 29.3 Å². The maximum Gasteiger partial charge on any atom is 0.323 e. The maximum atomic E-state index is 13.7. The molecule has 1 aliphatic rings. The van der Waals surface area contributed by atoms with E-state index < -0.39 is 17.8 Å². The molecule has 3 heterocycles. The summed E-state index contributed by atoms with van der Waals surface area (Å²) in [5.74, 6) is -3.11. The summed E-state index contributed by atoms with van der Waals surface area (Å²) in [5.41, 5.74) is 2.01. The van der Waals surface area contributed by atoms with Crippen molar-refractivity contribution in [1.29, 1.82) is 0 Å². The second kappa shape index (κ2) is 7.66. The van der Waals surface area contributed by atoms with Crippen LogP contribution in [0, 0.1) is 5.82 Å². The zero-order chi connectivity index (χ0) is 20.6. The topological polar surface area (TPSA) is 82.7 Å². The fraction of sp³-hybridized carbons (Fsp3) is 0.316. The molecule has 0 aromatic carbocycles. The van der Waals surface area contributed by atoms with Crippen LogP contribution in [-0.4, -0.2) is 26.9 Å². The number of H-pyrrole nitrogens is 1. The van der Waals surface area contributed by atoms with Gasteiger partial charge in [-0.1, -0.05) is 0 Å². The first-order chi connectivity index (χ1) is 13.8. The van der Waals surface area contributed by atoms with Gasteiger partial charge in [0.1, 0.15) is 10.3 Å². The molecule has 152 valence electrons. The highest BCUT2D eigenvalue weighted by Gasteiger charge is 2.35. The van der Waals surface area contributed by atoms with E-state index in [1.807, 2.05) is 0 Å². The standard InChI is InChI=1S/C19H17BrF3N5O/c20-16-13(21)7-12-15(9-25-17(12)28-16)27-18(29)26-11-1-2-14(24-8-11)10-3-5-19(22,23)6-4-10/h1-2,7-10H,3-6H2,(H,25,28)(H2,26,27,29). The summed E-state index contributed by atoms with van der Waals surface area (Å²) < 4.78 is 40.4. The average Bonchev–Trinajstić information content (AvgIpc) is 3.04. The Hall–Kier alpha value is -2.62. The quantitative estimate of drug-likeness (QED) is 0.425. The number of pyridine rings is 2. The Labute approximate surface area is 172 Å². The Kier molecular flexibility index (Phi) is 5.20. The molecule has 0 bridgehead atoms. The van der Waals surface area contributed by atoms with Gasteiger partial charge in [-0.2, -0.15) is 0 Å². The minimum Gasteiger partial charge on any atom is -0.344 e. The molecular formula is C19H17BrF3N5O. The van der Waals surface area contributed by atoms with E-state index in [1.165, 1.54) is 18.5 Å². The number of nitrogens with one attached hydrogen (secondary N) is 3. The number of alkyl halides is 2. The van der Waals surface area contributed by atoms with Crippen LogP contribution < -0.4 is 10.6 Å². The molecule has 29 heavy (non-hydrogen) atoms. The minimum atomic E-state index is -2.58. The number of aromatic amines is 1. The molecular weight excluding hydrogens is 451 g/mol. The summed E-state index contributed by atoms with van der Waals surface area (Å²) in [6.45, 7) is 0. The van der Waals surface area contributed by atoms with Crippen molar-refractivity contribution in [2.24, 2.45) is 0 Å².